The van der Waals surface area contributed by atoms with Gasteiger partial charge in [-0.25, -0.2) is 9.97 Å². The van der Waals surface area contributed by atoms with Crippen molar-refractivity contribution >= 4 is 11.9 Å². The first-order valence-corrected chi connectivity index (χ1v) is 6.71. The van der Waals surface area contributed by atoms with Crippen LogP contribution in [-0.2, 0) is 14.3 Å². The number of methoxy groups -OCH3 is 1. The maximum Gasteiger partial charge on any atom is 0.249 e. The lowest BCUT2D eigenvalue weighted by Crippen LogP contribution is -2.54. The maximum atomic E-state index is 12.0. The van der Waals surface area contributed by atoms with Crippen LogP contribution in [-0.4, -0.2) is 72.9 Å². The number of morpholine rings is 1. The van der Waals surface area contributed by atoms with E-state index >= 15 is 0 Å². The molecule has 2 aliphatic heterocycles. The standard InChI is InChI=1S/C13H18N4O3/c1-19-6-5-17-10-7-16(13-14-3-2-4-15-13)8-11(10)20-9-12(17)18/h2-4,10-11H,5-9H2,1H3/t10-,11+/m1/s1. The summed E-state index contributed by atoms with van der Waals surface area (Å²) in [6.07, 6.45) is 3.46. The summed E-state index contributed by atoms with van der Waals surface area (Å²) in [5.74, 6) is 0.712. The SMILES string of the molecule is COCCN1C(=O)CO[C@H]2CN(c3ncccn3)C[C@H]21. The van der Waals surface area contributed by atoms with Gasteiger partial charge in [-0.3, -0.25) is 4.79 Å². The van der Waals surface area contributed by atoms with E-state index in [1.165, 1.54) is 0 Å². The highest BCUT2D eigenvalue weighted by Crippen LogP contribution is 2.25. The third kappa shape index (κ3) is 2.46. The number of aromatic nitrogens is 2. The van der Waals surface area contributed by atoms with E-state index in [4.69, 9.17) is 9.47 Å². The van der Waals surface area contributed by atoms with Crippen molar-refractivity contribution in [1.29, 1.82) is 0 Å². The first-order valence-electron chi connectivity index (χ1n) is 6.71. The molecule has 0 bridgehead atoms. The Labute approximate surface area is 117 Å². The van der Waals surface area contributed by atoms with Crippen molar-refractivity contribution in [2.45, 2.75) is 12.1 Å². The van der Waals surface area contributed by atoms with Crippen molar-refractivity contribution in [3.63, 3.8) is 0 Å². The van der Waals surface area contributed by atoms with Crippen molar-refractivity contribution in [2.24, 2.45) is 0 Å². The normalized spacial score (nSPS) is 25.9. The summed E-state index contributed by atoms with van der Waals surface area (Å²) < 4.78 is 10.7. The van der Waals surface area contributed by atoms with Gasteiger partial charge in [0.2, 0.25) is 11.9 Å². The largest absolute Gasteiger partial charge is 0.383 e. The molecule has 1 aromatic heterocycles. The van der Waals surface area contributed by atoms with Crippen LogP contribution in [0.15, 0.2) is 18.5 Å². The van der Waals surface area contributed by atoms with Crippen molar-refractivity contribution in [3.8, 4) is 0 Å². The number of carbonyl (C=O) groups is 1. The van der Waals surface area contributed by atoms with E-state index in [9.17, 15) is 4.79 Å². The van der Waals surface area contributed by atoms with Gasteiger partial charge >= 0.3 is 0 Å². The smallest absolute Gasteiger partial charge is 0.249 e. The van der Waals surface area contributed by atoms with Crippen molar-refractivity contribution in [2.75, 3.05) is 44.9 Å². The minimum atomic E-state index is 0.0216. The van der Waals surface area contributed by atoms with Crippen LogP contribution in [0, 0.1) is 0 Å². The van der Waals surface area contributed by atoms with Gasteiger partial charge in [0.05, 0.1) is 18.8 Å². The van der Waals surface area contributed by atoms with Crippen LogP contribution in [0.1, 0.15) is 0 Å². The number of anilines is 1. The highest BCUT2D eigenvalue weighted by atomic mass is 16.5. The van der Waals surface area contributed by atoms with Gasteiger partial charge in [-0.1, -0.05) is 0 Å². The molecule has 20 heavy (non-hydrogen) atoms. The highest BCUT2D eigenvalue weighted by molar-refractivity contribution is 5.79. The van der Waals surface area contributed by atoms with Crippen LogP contribution in [0.2, 0.25) is 0 Å². The van der Waals surface area contributed by atoms with Gasteiger partial charge in [0.25, 0.3) is 0 Å². The summed E-state index contributed by atoms with van der Waals surface area (Å²) in [6.45, 7) is 2.70. The summed E-state index contributed by atoms with van der Waals surface area (Å²) in [6, 6.07) is 1.84. The summed E-state index contributed by atoms with van der Waals surface area (Å²) in [7, 11) is 1.64. The van der Waals surface area contributed by atoms with Crippen LogP contribution in [0.5, 0.6) is 0 Å². The van der Waals surface area contributed by atoms with Gasteiger partial charge in [-0.15, -0.1) is 0 Å². The number of fused-ring (bicyclic) bond motifs is 1. The van der Waals surface area contributed by atoms with Crippen LogP contribution in [0.3, 0.4) is 0 Å². The van der Waals surface area contributed by atoms with Gasteiger partial charge in [-0.05, 0) is 6.07 Å². The molecule has 2 fully saturated rings. The van der Waals surface area contributed by atoms with Crippen LogP contribution < -0.4 is 4.90 Å². The predicted octanol–water partition coefficient (Wildman–Crippen LogP) is -0.461. The Bertz CT molecular complexity index is 470. The Morgan fingerprint density at radius 3 is 2.95 bits per heavy atom. The van der Waals surface area contributed by atoms with Crippen molar-refractivity contribution < 1.29 is 14.3 Å². The maximum absolute atomic E-state index is 12.0. The molecule has 3 rings (SSSR count). The van der Waals surface area contributed by atoms with E-state index in [0.717, 1.165) is 0 Å². The molecular formula is C13H18N4O3. The molecule has 0 aromatic carbocycles. The minimum absolute atomic E-state index is 0.0216. The average Bonchev–Trinajstić information content (AvgIpc) is 2.91. The number of carbonyl (C=O) groups excluding carboxylic acids is 1. The number of hydrogen-bond donors (Lipinski definition) is 0. The van der Waals surface area contributed by atoms with Crippen LogP contribution in [0.4, 0.5) is 5.95 Å². The van der Waals surface area contributed by atoms with Gasteiger partial charge in [0.15, 0.2) is 0 Å². The van der Waals surface area contributed by atoms with Crippen LogP contribution in [0.25, 0.3) is 0 Å². The molecule has 0 unspecified atom stereocenters. The zero-order valence-corrected chi connectivity index (χ0v) is 11.4. The molecule has 2 atom stereocenters. The Morgan fingerprint density at radius 2 is 2.20 bits per heavy atom. The number of amides is 1. The lowest BCUT2D eigenvalue weighted by Gasteiger charge is -2.36. The molecule has 0 radical (unpaired) electrons. The lowest BCUT2D eigenvalue weighted by molar-refractivity contribution is -0.153. The molecular weight excluding hydrogens is 260 g/mol. The Hall–Kier alpha value is -1.73. The van der Waals surface area contributed by atoms with E-state index in [1.54, 1.807) is 25.6 Å². The molecule has 108 valence electrons. The van der Waals surface area contributed by atoms with Gasteiger partial charge in [0.1, 0.15) is 6.61 Å². The minimum Gasteiger partial charge on any atom is -0.383 e. The van der Waals surface area contributed by atoms with E-state index in [0.29, 0.717) is 32.2 Å². The molecule has 2 aliphatic rings. The number of hydrogen-bond acceptors (Lipinski definition) is 6. The highest BCUT2D eigenvalue weighted by Gasteiger charge is 2.43. The predicted molar refractivity (Wildman–Crippen MR) is 71.4 cm³/mol. The van der Waals surface area contributed by atoms with E-state index in [1.807, 2.05) is 4.90 Å². The lowest BCUT2D eigenvalue weighted by atomic mass is 10.1. The Morgan fingerprint density at radius 1 is 1.40 bits per heavy atom. The molecule has 0 spiro atoms. The van der Waals surface area contributed by atoms with E-state index in [2.05, 4.69) is 14.9 Å². The monoisotopic (exact) mass is 278 g/mol. The van der Waals surface area contributed by atoms with E-state index < -0.39 is 0 Å². The topological polar surface area (TPSA) is 67.8 Å². The van der Waals surface area contributed by atoms with Crippen molar-refractivity contribution in [1.82, 2.24) is 14.9 Å². The fraction of sp³-hybridized carbons (Fsp3) is 0.615. The van der Waals surface area contributed by atoms with Crippen molar-refractivity contribution in [3.05, 3.63) is 18.5 Å². The third-order valence-corrected chi connectivity index (χ3v) is 3.75. The second-order valence-corrected chi connectivity index (χ2v) is 4.95. The number of ether oxygens (including phenoxy) is 2. The summed E-state index contributed by atoms with van der Waals surface area (Å²) >= 11 is 0. The molecule has 2 saturated heterocycles. The Balaban J connectivity index is 1.73. The zero-order chi connectivity index (χ0) is 13.9. The van der Waals surface area contributed by atoms with Crippen LogP contribution >= 0.6 is 0 Å². The molecule has 7 nitrogen and oxygen atoms in total. The average molecular weight is 278 g/mol. The molecule has 0 saturated carbocycles. The fourth-order valence-corrected chi connectivity index (χ4v) is 2.76. The molecule has 0 aliphatic carbocycles. The molecule has 1 amide bonds. The molecule has 7 heteroatoms. The van der Waals surface area contributed by atoms with Gasteiger partial charge in [-0.2, -0.15) is 0 Å². The Kier molecular flexibility index (Phi) is 3.79. The third-order valence-electron chi connectivity index (χ3n) is 3.75. The fourth-order valence-electron chi connectivity index (χ4n) is 2.76. The van der Waals surface area contributed by atoms with Gasteiger partial charge < -0.3 is 19.3 Å². The second kappa shape index (κ2) is 5.72. The zero-order valence-electron chi connectivity index (χ0n) is 11.4. The quantitative estimate of drug-likeness (QED) is 0.742. The summed E-state index contributed by atoms with van der Waals surface area (Å²) in [4.78, 5) is 24.4. The summed E-state index contributed by atoms with van der Waals surface area (Å²) in [5, 5.41) is 0. The number of nitrogens with zero attached hydrogens (tertiary/aromatic N) is 4. The molecule has 0 N–H and O–H groups in total. The summed E-state index contributed by atoms with van der Waals surface area (Å²) in [5.41, 5.74) is 0. The first-order chi connectivity index (χ1) is 9.79. The molecule has 3 heterocycles. The number of rotatable bonds is 4. The van der Waals surface area contributed by atoms with E-state index in [-0.39, 0.29) is 24.7 Å². The van der Waals surface area contributed by atoms with Gasteiger partial charge in [0, 0.05) is 39.1 Å². The first kappa shape index (κ1) is 13.3. The molecule has 1 aromatic rings. The second-order valence-electron chi connectivity index (χ2n) is 4.95.